The van der Waals surface area contributed by atoms with Gasteiger partial charge in [-0.1, -0.05) is 26.0 Å². The van der Waals surface area contributed by atoms with Crippen LogP contribution in [0.5, 0.6) is 11.5 Å². The zero-order valence-corrected chi connectivity index (χ0v) is 17.0. The minimum atomic E-state index is -0.00346. The first-order valence-corrected chi connectivity index (χ1v) is 9.38. The SMILES string of the molecule is CC[C@H](C)c1ccc(NC(=O)C[NH+](C)Cc2ccc(OC)cc2OC)cc1. The maximum Gasteiger partial charge on any atom is 0.279 e. The van der Waals surface area contributed by atoms with Crippen LogP contribution in [0.4, 0.5) is 5.69 Å². The van der Waals surface area contributed by atoms with Crippen molar-refractivity contribution in [2.75, 3.05) is 33.1 Å². The molecule has 0 saturated heterocycles. The second kappa shape index (κ2) is 9.97. The summed E-state index contributed by atoms with van der Waals surface area (Å²) in [6.45, 7) is 5.45. The molecule has 0 heterocycles. The van der Waals surface area contributed by atoms with E-state index in [9.17, 15) is 4.79 Å². The molecule has 2 atom stereocenters. The third-order valence-electron chi connectivity index (χ3n) is 4.82. The molecule has 0 aliphatic heterocycles. The van der Waals surface area contributed by atoms with Gasteiger partial charge in [-0.25, -0.2) is 0 Å². The fraction of sp³-hybridized carbons (Fsp3) is 0.409. The molecule has 2 aromatic carbocycles. The van der Waals surface area contributed by atoms with Gasteiger partial charge in [0.2, 0.25) is 0 Å². The Hall–Kier alpha value is -2.53. The fourth-order valence-electron chi connectivity index (χ4n) is 3.00. The van der Waals surface area contributed by atoms with E-state index in [2.05, 4.69) is 31.3 Å². The van der Waals surface area contributed by atoms with Crippen LogP contribution in [0.25, 0.3) is 0 Å². The molecule has 1 amide bonds. The molecule has 0 radical (unpaired) electrons. The minimum Gasteiger partial charge on any atom is -0.497 e. The van der Waals surface area contributed by atoms with E-state index >= 15 is 0 Å². The molecule has 1 unspecified atom stereocenters. The highest BCUT2D eigenvalue weighted by molar-refractivity contribution is 5.91. The lowest BCUT2D eigenvalue weighted by Gasteiger charge is -2.16. The number of likely N-dealkylation sites (N-methyl/N-ethyl adjacent to an activating group) is 1. The van der Waals surface area contributed by atoms with Crippen LogP contribution in [0, 0.1) is 0 Å². The van der Waals surface area contributed by atoms with Gasteiger partial charge in [-0.15, -0.1) is 0 Å². The van der Waals surface area contributed by atoms with E-state index in [-0.39, 0.29) is 5.91 Å². The molecule has 0 aromatic heterocycles. The van der Waals surface area contributed by atoms with Crippen molar-refractivity contribution in [3.8, 4) is 11.5 Å². The van der Waals surface area contributed by atoms with Crippen molar-refractivity contribution >= 4 is 11.6 Å². The Labute approximate surface area is 162 Å². The minimum absolute atomic E-state index is 0.00346. The maximum atomic E-state index is 12.4. The molecule has 0 saturated carbocycles. The Morgan fingerprint density at radius 2 is 1.81 bits per heavy atom. The summed E-state index contributed by atoms with van der Waals surface area (Å²) >= 11 is 0. The third-order valence-corrected chi connectivity index (χ3v) is 4.82. The van der Waals surface area contributed by atoms with Crippen molar-refractivity contribution in [3.05, 3.63) is 53.6 Å². The molecule has 5 heteroatoms. The van der Waals surface area contributed by atoms with Crippen molar-refractivity contribution in [2.24, 2.45) is 0 Å². The number of hydrogen-bond donors (Lipinski definition) is 2. The molecular formula is C22H31N2O3+. The Morgan fingerprint density at radius 1 is 1.11 bits per heavy atom. The van der Waals surface area contributed by atoms with E-state index in [4.69, 9.17) is 9.47 Å². The Balaban J connectivity index is 1.92. The molecule has 2 N–H and O–H groups in total. The lowest BCUT2D eigenvalue weighted by Crippen LogP contribution is -3.08. The molecule has 146 valence electrons. The summed E-state index contributed by atoms with van der Waals surface area (Å²) in [6, 6.07) is 13.9. The Morgan fingerprint density at radius 3 is 2.41 bits per heavy atom. The number of anilines is 1. The predicted octanol–water partition coefficient (Wildman–Crippen LogP) is 2.87. The summed E-state index contributed by atoms with van der Waals surface area (Å²) in [4.78, 5) is 13.4. The zero-order chi connectivity index (χ0) is 19.8. The highest BCUT2D eigenvalue weighted by atomic mass is 16.5. The van der Waals surface area contributed by atoms with E-state index in [1.807, 2.05) is 37.4 Å². The molecular weight excluding hydrogens is 340 g/mol. The number of rotatable bonds is 9. The Bertz CT molecular complexity index is 744. The third kappa shape index (κ3) is 6.00. The topological polar surface area (TPSA) is 52.0 Å². The van der Waals surface area contributed by atoms with E-state index in [0.29, 0.717) is 19.0 Å². The van der Waals surface area contributed by atoms with Crippen molar-refractivity contribution in [2.45, 2.75) is 32.7 Å². The predicted molar refractivity (Wildman–Crippen MR) is 109 cm³/mol. The lowest BCUT2D eigenvalue weighted by molar-refractivity contribution is -0.885. The monoisotopic (exact) mass is 371 g/mol. The number of carbonyl (C=O) groups is 1. The second-order valence-corrected chi connectivity index (χ2v) is 6.97. The number of nitrogens with one attached hydrogen (secondary N) is 2. The fourth-order valence-corrected chi connectivity index (χ4v) is 3.00. The van der Waals surface area contributed by atoms with Crippen LogP contribution < -0.4 is 19.7 Å². The van der Waals surface area contributed by atoms with Crippen molar-refractivity contribution in [3.63, 3.8) is 0 Å². The molecule has 0 spiro atoms. The number of hydrogen-bond acceptors (Lipinski definition) is 3. The highest BCUT2D eigenvalue weighted by Crippen LogP contribution is 2.24. The van der Waals surface area contributed by atoms with Crippen LogP contribution in [0.15, 0.2) is 42.5 Å². The molecule has 0 fully saturated rings. The summed E-state index contributed by atoms with van der Waals surface area (Å²) in [6.07, 6.45) is 1.11. The first-order chi connectivity index (χ1) is 13.0. The van der Waals surface area contributed by atoms with Crippen LogP contribution in [0.2, 0.25) is 0 Å². The van der Waals surface area contributed by atoms with Gasteiger partial charge in [0.25, 0.3) is 5.91 Å². The smallest absolute Gasteiger partial charge is 0.279 e. The summed E-state index contributed by atoms with van der Waals surface area (Å²) in [5.41, 5.74) is 3.17. The standard InChI is InChI=1S/C22H30N2O3/c1-6-16(2)17-7-10-19(11-8-17)23-22(25)15-24(3)14-18-9-12-20(26-4)13-21(18)27-5/h7-13,16H,6,14-15H2,1-5H3,(H,23,25)/p+1/t16-/m0/s1. The first kappa shape index (κ1) is 20.8. The van der Waals surface area contributed by atoms with E-state index in [1.54, 1.807) is 14.2 Å². The van der Waals surface area contributed by atoms with Crippen molar-refractivity contribution in [1.29, 1.82) is 0 Å². The number of ether oxygens (including phenoxy) is 2. The number of methoxy groups -OCH3 is 2. The van der Waals surface area contributed by atoms with E-state index in [1.165, 1.54) is 5.56 Å². The number of carbonyl (C=O) groups excluding carboxylic acids is 1. The summed E-state index contributed by atoms with van der Waals surface area (Å²) < 4.78 is 10.7. The lowest BCUT2D eigenvalue weighted by atomic mass is 9.99. The van der Waals surface area contributed by atoms with Gasteiger partial charge in [-0.2, -0.15) is 0 Å². The van der Waals surface area contributed by atoms with Gasteiger partial charge < -0.3 is 19.7 Å². The average molecular weight is 372 g/mol. The number of benzene rings is 2. The van der Waals surface area contributed by atoms with Crippen molar-refractivity contribution in [1.82, 2.24) is 0 Å². The highest BCUT2D eigenvalue weighted by Gasteiger charge is 2.14. The van der Waals surface area contributed by atoms with Gasteiger partial charge in [0.05, 0.1) is 21.3 Å². The molecule has 2 rings (SSSR count). The van der Waals surface area contributed by atoms with E-state index < -0.39 is 0 Å². The van der Waals surface area contributed by atoms with E-state index in [0.717, 1.165) is 34.1 Å². The first-order valence-electron chi connectivity index (χ1n) is 9.38. The quantitative estimate of drug-likeness (QED) is 0.713. The van der Waals surface area contributed by atoms with Crippen LogP contribution in [0.3, 0.4) is 0 Å². The van der Waals surface area contributed by atoms with Gasteiger partial charge in [0.1, 0.15) is 18.0 Å². The summed E-state index contributed by atoms with van der Waals surface area (Å²) in [5.74, 6) is 2.06. The summed E-state index contributed by atoms with van der Waals surface area (Å²) in [7, 11) is 5.27. The van der Waals surface area contributed by atoms with Gasteiger partial charge in [-0.3, -0.25) is 4.79 Å². The van der Waals surface area contributed by atoms with Gasteiger partial charge in [0, 0.05) is 17.3 Å². The number of quaternary nitrogens is 1. The van der Waals surface area contributed by atoms with Crippen LogP contribution in [-0.4, -0.2) is 33.7 Å². The van der Waals surface area contributed by atoms with Crippen LogP contribution in [-0.2, 0) is 11.3 Å². The molecule has 2 aromatic rings. The molecule has 0 aliphatic rings. The maximum absolute atomic E-state index is 12.4. The average Bonchev–Trinajstić information content (AvgIpc) is 2.68. The number of amides is 1. The largest absolute Gasteiger partial charge is 0.497 e. The van der Waals surface area contributed by atoms with Gasteiger partial charge in [0.15, 0.2) is 6.54 Å². The van der Waals surface area contributed by atoms with Crippen molar-refractivity contribution < 1.29 is 19.2 Å². The zero-order valence-electron chi connectivity index (χ0n) is 17.0. The molecule has 0 aliphatic carbocycles. The van der Waals surface area contributed by atoms with Crippen LogP contribution >= 0.6 is 0 Å². The Kier molecular flexibility index (Phi) is 7.67. The normalized spacial score (nSPS) is 12.9. The van der Waals surface area contributed by atoms with Crippen LogP contribution in [0.1, 0.15) is 37.3 Å². The van der Waals surface area contributed by atoms with Gasteiger partial charge >= 0.3 is 0 Å². The van der Waals surface area contributed by atoms with Gasteiger partial charge in [-0.05, 0) is 42.2 Å². The molecule has 27 heavy (non-hydrogen) atoms. The molecule has 5 nitrogen and oxygen atoms in total. The second-order valence-electron chi connectivity index (χ2n) is 6.97. The molecule has 0 bridgehead atoms. The summed E-state index contributed by atoms with van der Waals surface area (Å²) in [5, 5.41) is 2.98.